The van der Waals surface area contributed by atoms with Crippen molar-refractivity contribution in [2.75, 3.05) is 11.9 Å². The van der Waals surface area contributed by atoms with E-state index in [1.165, 1.54) is 18.6 Å². The van der Waals surface area contributed by atoms with E-state index in [9.17, 15) is 9.50 Å². The first-order chi connectivity index (χ1) is 8.09. The van der Waals surface area contributed by atoms with Gasteiger partial charge in [0.15, 0.2) is 0 Å². The number of hydrogen-bond acceptors (Lipinski definition) is 2. The van der Waals surface area contributed by atoms with Crippen molar-refractivity contribution in [1.29, 1.82) is 0 Å². The van der Waals surface area contributed by atoms with Gasteiger partial charge in [0, 0.05) is 6.54 Å². The first-order valence-corrected chi connectivity index (χ1v) is 6.38. The predicted octanol–water partition coefficient (Wildman–Crippen LogP) is 3.59. The molecule has 1 aromatic rings. The average molecular weight is 258 g/mol. The maximum atomic E-state index is 12.9. The highest BCUT2D eigenvalue weighted by Gasteiger charge is 2.28. The summed E-state index contributed by atoms with van der Waals surface area (Å²) < 4.78 is 12.9. The second-order valence-electron chi connectivity index (χ2n) is 4.76. The minimum absolute atomic E-state index is 0.350. The lowest BCUT2D eigenvalue weighted by molar-refractivity contribution is 0.0167. The number of aliphatic hydroxyl groups is 1. The number of rotatable bonds is 3. The lowest BCUT2D eigenvalue weighted by Gasteiger charge is -2.32. The van der Waals surface area contributed by atoms with Crippen molar-refractivity contribution in [2.45, 2.75) is 37.7 Å². The summed E-state index contributed by atoms with van der Waals surface area (Å²) in [5.41, 5.74) is 0.0303. The molecule has 1 aliphatic carbocycles. The maximum absolute atomic E-state index is 12.9. The van der Waals surface area contributed by atoms with Gasteiger partial charge in [-0.25, -0.2) is 4.39 Å². The molecule has 0 unspecified atom stereocenters. The Labute approximate surface area is 106 Å². The van der Waals surface area contributed by atoms with Crippen molar-refractivity contribution in [2.24, 2.45) is 0 Å². The summed E-state index contributed by atoms with van der Waals surface area (Å²) in [5.74, 6) is -0.350. The molecule has 0 aromatic heterocycles. The Balaban J connectivity index is 1.97. The molecule has 0 radical (unpaired) electrons. The van der Waals surface area contributed by atoms with Gasteiger partial charge in [0.25, 0.3) is 0 Å². The fraction of sp³-hybridized carbons (Fsp3) is 0.538. The van der Waals surface area contributed by atoms with Gasteiger partial charge in [-0.05, 0) is 31.0 Å². The van der Waals surface area contributed by atoms with Crippen LogP contribution >= 0.6 is 11.6 Å². The monoisotopic (exact) mass is 257 g/mol. The minimum atomic E-state index is -0.643. The van der Waals surface area contributed by atoms with Crippen LogP contribution in [-0.2, 0) is 0 Å². The van der Waals surface area contributed by atoms with E-state index in [1.807, 2.05) is 0 Å². The molecule has 0 atom stereocenters. The van der Waals surface area contributed by atoms with Gasteiger partial charge in [-0.2, -0.15) is 0 Å². The van der Waals surface area contributed by atoms with Gasteiger partial charge in [-0.1, -0.05) is 30.9 Å². The standard InChI is InChI=1S/C13H17ClFNO/c14-11-8-10(15)4-5-12(11)16-9-13(17)6-2-1-3-7-13/h4-5,8,16-17H,1-3,6-7,9H2. The van der Waals surface area contributed by atoms with Gasteiger partial charge in [0.2, 0.25) is 0 Å². The van der Waals surface area contributed by atoms with Gasteiger partial charge in [-0.3, -0.25) is 0 Å². The summed E-state index contributed by atoms with van der Waals surface area (Å²) >= 11 is 5.91. The van der Waals surface area contributed by atoms with Crippen LogP contribution in [0.1, 0.15) is 32.1 Å². The van der Waals surface area contributed by atoms with Gasteiger partial charge in [0.05, 0.1) is 16.3 Å². The molecule has 1 saturated carbocycles. The van der Waals surface area contributed by atoms with Gasteiger partial charge >= 0.3 is 0 Å². The van der Waals surface area contributed by atoms with Gasteiger partial charge in [0.1, 0.15) is 5.82 Å². The van der Waals surface area contributed by atoms with Crippen LogP contribution in [0.2, 0.25) is 5.02 Å². The quantitative estimate of drug-likeness (QED) is 0.867. The molecule has 2 rings (SSSR count). The zero-order valence-corrected chi connectivity index (χ0v) is 10.4. The molecule has 2 nitrogen and oxygen atoms in total. The largest absolute Gasteiger partial charge is 0.388 e. The van der Waals surface area contributed by atoms with Crippen molar-refractivity contribution in [3.8, 4) is 0 Å². The minimum Gasteiger partial charge on any atom is -0.388 e. The van der Waals surface area contributed by atoms with E-state index < -0.39 is 5.60 Å². The summed E-state index contributed by atoms with van der Waals surface area (Å²) in [6, 6.07) is 4.23. The summed E-state index contributed by atoms with van der Waals surface area (Å²) in [4.78, 5) is 0. The van der Waals surface area contributed by atoms with Crippen LogP contribution in [0.3, 0.4) is 0 Å². The van der Waals surface area contributed by atoms with E-state index in [0.29, 0.717) is 17.3 Å². The molecule has 0 amide bonds. The first kappa shape index (κ1) is 12.7. The van der Waals surface area contributed by atoms with E-state index in [-0.39, 0.29) is 5.82 Å². The molecule has 1 aliphatic rings. The first-order valence-electron chi connectivity index (χ1n) is 6.00. The maximum Gasteiger partial charge on any atom is 0.124 e. The molecular formula is C13H17ClFNO. The third kappa shape index (κ3) is 3.33. The number of halogens is 2. The molecule has 2 N–H and O–H groups in total. The Hall–Kier alpha value is -0.800. The molecule has 0 bridgehead atoms. The Morgan fingerprint density at radius 3 is 2.65 bits per heavy atom. The topological polar surface area (TPSA) is 32.3 Å². The van der Waals surface area contributed by atoms with Gasteiger partial charge in [-0.15, -0.1) is 0 Å². The van der Waals surface area contributed by atoms with Crippen LogP contribution in [0.15, 0.2) is 18.2 Å². The van der Waals surface area contributed by atoms with Crippen LogP contribution in [-0.4, -0.2) is 17.3 Å². The van der Waals surface area contributed by atoms with E-state index in [4.69, 9.17) is 11.6 Å². The highest BCUT2D eigenvalue weighted by Crippen LogP contribution is 2.29. The molecule has 94 valence electrons. The fourth-order valence-corrected chi connectivity index (χ4v) is 2.51. The van der Waals surface area contributed by atoms with Crippen LogP contribution in [0.5, 0.6) is 0 Å². The molecule has 0 heterocycles. The van der Waals surface area contributed by atoms with Crippen LogP contribution < -0.4 is 5.32 Å². The summed E-state index contributed by atoms with van der Waals surface area (Å²) in [5, 5.41) is 13.8. The van der Waals surface area contributed by atoms with E-state index in [0.717, 1.165) is 25.7 Å². The molecule has 0 aliphatic heterocycles. The average Bonchev–Trinajstić information content (AvgIpc) is 2.29. The SMILES string of the molecule is OC1(CNc2ccc(F)cc2Cl)CCCCC1. The van der Waals surface area contributed by atoms with E-state index in [1.54, 1.807) is 6.07 Å². The van der Waals surface area contributed by atoms with Crippen molar-refractivity contribution >= 4 is 17.3 Å². The lowest BCUT2D eigenvalue weighted by atomic mass is 9.85. The smallest absolute Gasteiger partial charge is 0.124 e. The Morgan fingerprint density at radius 2 is 2.00 bits per heavy atom. The molecule has 0 spiro atoms. The zero-order valence-electron chi connectivity index (χ0n) is 9.68. The van der Waals surface area contributed by atoms with E-state index >= 15 is 0 Å². The molecule has 4 heteroatoms. The number of anilines is 1. The summed E-state index contributed by atoms with van der Waals surface area (Å²) in [6.07, 6.45) is 4.96. The van der Waals surface area contributed by atoms with Gasteiger partial charge < -0.3 is 10.4 Å². The highest BCUT2D eigenvalue weighted by molar-refractivity contribution is 6.33. The molecule has 1 aromatic carbocycles. The van der Waals surface area contributed by atoms with Crippen molar-refractivity contribution in [1.82, 2.24) is 0 Å². The number of benzene rings is 1. The number of hydrogen-bond donors (Lipinski definition) is 2. The summed E-state index contributed by atoms with van der Waals surface area (Å²) in [6.45, 7) is 0.471. The van der Waals surface area contributed by atoms with Crippen LogP contribution in [0, 0.1) is 5.82 Å². The third-order valence-corrected chi connectivity index (χ3v) is 3.64. The van der Waals surface area contributed by atoms with Crippen molar-refractivity contribution in [3.63, 3.8) is 0 Å². The molecule has 1 fully saturated rings. The summed E-state index contributed by atoms with van der Waals surface area (Å²) in [7, 11) is 0. The Morgan fingerprint density at radius 1 is 1.29 bits per heavy atom. The van der Waals surface area contributed by atoms with E-state index in [2.05, 4.69) is 5.32 Å². The highest BCUT2D eigenvalue weighted by atomic mass is 35.5. The normalized spacial score (nSPS) is 19.0. The molecular weight excluding hydrogens is 241 g/mol. The van der Waals surface area contributed by atoms with Crippen LogP contribution in [0.25, 0.3) is 0 Å². The molecule has 0 saturated heterocycles. The van der Waals surface area contributed by atoms with Crippen LogP contribution in [0.4, 0.5) is 10.1 Å². The fourth-order valence-electron chi connectivity index (χ4n) is 2.28. The lowest BCUT2D eigenvalue weighted by Crippen LogP contribution is -2.38. The third-order valence-electron chi connectivity index (χ3n) is 3.32. The second-order valence-corrected chi connectivity index (χ2v) is 5.17. The Kier molecular flexibility index (Phi) is 3.89. The Bertz CT molecular complexity index is 391. The second kappa shape index (κ2) is 5.23. The predicted molar refractivity (Wildman–Crippen MR) is 67.9 cm³/mol. The molecule has 17 heavy (non-hydrogen) atoms. The zero-order chi connectivity index (χ0) is 12.3. The van der Waals surface area contributed by atoms with Crippen molar-refractivity contribution < 1.29 is 9.50 Å². The number of nitrogens with one attached hydrogen (secondary N) is 1. The van der Waals surface area contributed by atoms with Crippen molar-refractivity contribution in [3.05, 3.63) is 29.0 Å².